The van der Waals surface area contributed by atoms with E-state index in [0.29, 0.717) is 3.70 Å². The average molecular weight is 328 g/mol. The first-order valence-corrected chi connectivity index (χ1v) is 5.02. The fourth-order valence-corrected chi connectivity index (χ4v) is 2.06. The first-order chi connectivity index (χ1) is 6.56. The van der Waals surface area contributed by atoms with Crippen molar-refractivity contribution in [2.45, 2.75) is 12.8 Å². The molecule has 74 valence electrons. The van der Waals surface area contributed by atoms with Gasteiger partial charge in [-0.1, -0.05) is 11.6 Å². The summed E-state index contributed by atoms with van der Waals surface area (Å²) in [6.07, 6.45) is -2.86. The number of nitrogens with zero attached hydrogens (tertiary/aromatic N) is 2. The highest BCUT2D eigenvalue weighted by Gasteiger charge is 2.18. The second-order valence-corrected chi connectivity index (χ2v) is 3.94. The smallest absolute Gasteiger partial charge is 0.245 e. The normalized spacial score (nSPS) is 10.3. The third-order valence-electron chi connectivity index (χ3n) is 1.52. The molecule has 1 heterocycles. The zero-order valence-electron chi connectivity index (χ0n) is 6.77. The summed E-state index contributed by atoms with van der Waals surface area (Å²) < 4.78 is 25.5. The van der Waals surface area contributed by atoms with Gasteiger partial charge in [0.25, 0.3) is 6.43 Å². The molecule has 0 atom stereocenters. The lowest BCUT2D eigenvalue weighted by molar-refractivity contribution is 0.150. The molecule has 6 heteroatoms. The van der Waals surface area contributed by atoms with Crippen molar-refractivity contribution < 1.29 is 8.78 Å². The Kier molecular flexibility index (Phi) is 4.01. The van der Waals surface area contributed by atoms with Gasteiger partial charge in [0.15, 0.2) is 0 Å². The van der Waals surface area contributed by atoms with Crippen LogP contribution in [0.5, 0.6) is 0 Å². The van der Waals surface area contributed by atoms with E-state index in [1.165, 1.54) is 6.07 Å². The van der Waals surface area contributed by atoms with Gasteiger partial charge < -0.3 is 0 Å². The largest absolute Gasteiger partial charge is 0.267 e. The van der Waals surface area contributed by atoms with Crippen molar-refractivity contribution in [3.63, 3.8) is 0 Å². The van der Waals surface area contributed by atoms with E-state index in [9.17, 15) is 8.78 Å². The van der Waals surface area contributed by atoms with Crippen LogP contribution in [-0.4, -0.2) is 4.98 Å². The van der Waals surface area contributed by atoms with Crippen molar-refractivity contribution in [3.8, 4) is 6.07 Å². The van der Waals surface area contributed by atoms with Crippen LogP contribution in [0.4, 0.5) is 8.78 Å². The van der Waals surface area contributed by atoms with Crippen LogP contribution in [0.3, 0.4) is 0 Å². The van der Waals surface area contributed by atoms with Crippen LogP contribution in [-0.2, 0) is 6.42 Å². The van der Waals surface area contributed by atoms with Crippen molar-refractivity contribution in [2.75, 3.05) is 0 Å². The predicted molar refractivity (Wildman–Crippen MR) is 56.2 cm³/mol. The molecular formula is C8H4ClF2IN2. The maximum Gasteiger partial charge on any atom is 0.267 e. The number of nitriles is 1. The maximum absolute atomic E-state index is 12.5. The van der Waals surface area contributed by atoms with Crippen LogP contribution in [0.2, 0.25) is 5.02 Å². The SMILES string of the molecule is N#CCc1nc(I)cc(Cl)c1C(F)F. The molecule has 0 aliphatic heterocycles. The van der Waals surface area contributed by atoms with E-state index in [0.717, 1.165) is 0 Å². The quantitative estimate of drug-likeness (QED) is 0.617. The molecule has 0 aromatic carbocycles. The minimum absolute atomic E-state index is 0.0374. The van der Waals surface area contributed by atoms with Gasteiger partial charge in [-0.05, 0) is 28.7 Å². The Labute approximate surface area is 98.0 Å². The van der Waals surface area contributed by atoms with E-state index in [4.69, 9.17) is 16.9 Å². The fourth-order valence-electron chi connectivity index (χ4n) is 0.981. The molecule has 0 saturated carbocycles. The monoisotopic (exact) mass is 328 g/mol. The summed E-state index contributed by atoms with van der Waals surface area (Å²) in [6, 6.07) is 3.13. The van der Waals surface area contributed by atoms with Crippen LogP contribution in [0.1, 0.15) is 17.7 Å². The third-order valence-corrected chi connectivity index (χ3v) is 2.39. The molecule has 1 rings (SSSR count). The summed E-state index contributed by atoms with van der Waals surface area (Å²) in [5.74, 6) is 0. The van der Waals surface area contributed by atoms with E-state index < -0.39 is 6.43 Å². The zero-order chi connectivity index (χ0) is 10.7. The first-order valence-electron chi connectivity index (χ1n) is 3.56. The third kappa shape index (κ3) is 2.51. The van der Waals surface area contributed by atoms with E-state index in [1.807, 2.05) is 22.6 Å². The molecule has 0 amide bonds. The summed E-state index contributed by atoms with van der Waals surface area (Å²) in [4.78, 5) is 3.84. The van der Waals surface area contributed by atoms with Gasteiger partial charge in [0.2, 0.25) is 0 Å². The molecule has 0 saturated heterocycles. The number of rotatable bonds is 2. The Balaban J connectivity index is 3.30. The molecule has 0 spiro atoms. The average Bonchev–Trinajstić information content (AvgIpc) is 2.01. The highest BCUT2D eigenvalue weighted by Crippen LogP contribution is 2.30. The van der Waals surface area contributed by atoms with Gasteiger partial charge in [0.05, 0.1) is 28.8 Å². The number of pyridine rings is 1. The first kappa shape index (κ1) is 11.6. The minimum atomic E-state index is -2.70. The van der Waals surface area contributed by atoms with Gasteiger partial charge in [0, 0.05) is 0 Å². The van der Waals surface area contributed by atoms with Gasteiger partial charge in [-0.15, -0.1) is 0 Å². The molecule has 0 aliphatic carbocycles. The van der Waals surface area contributed by atoms with Crippen LogP contribution in [0, 0.1) is 15.0 Å². The Morgan fingerprint density at radius 3 is 2.79 bits per heavy atom. The second-order valence-electron chi connectivity index (χ2n) is 2.42. The van der Waals surface area contributed by atoms with Gasteiger partial charge in [-0.2, -0.15) is 5.26 Å². The topological polar surface area (TPSA) is 36.7 Å². The Hall–Kier alpha value is -0.480. The molecule has 1 aromatic heterocycles. The van der Waals surface area contributed by atoms with Crippen LogP contribution < -0.4 is 0 Å². The Bertz CT molecular complexity index is 390. The van der Waals surface area contributed by atoms with Crippen LogP contribution in [0.15, 0.2) is 6.07 Å². The molecule has 0 aliphatic rings. The summed E-state index contributed by atoms with van der Waals surface area (Å²) in [6.45, 7) is 0. The summed E-state index contributed by atoms with van der Waals surface area (Å²) in [5.41, 5.74) is -0.284. The molecule has 1 aromatic rings. The highest BCUT2D eigenvalue weighted by molar-refractivity contribution is 14.1. The number of alkyl halides is 2. The molecule has 0 fully saturated rings. The minimum Gasteiger partial charge on any atom is -0.245 e. The summed E-state index contributed by atoms with van der Waals surface area (Å²) in [7, 11) is 0. The zero-order valence-corrected chi connectivity index (χ0v) is 9.68. The fraction of sp³-hybridized carbons (Fsp3) is 0.250. The summed E-state index contributed by atoms with van der Waals surface area (Å²) in [5, 5.41) is 8.39. The van der Waals surface area contributed by atoms with Crippen molar-refractivity contribution in [1.29, 1.82) is 5.26 Å². The molecule has 0 radical (unpaired) electrons. The standard InChI is InChI=1S/C8H4ClF2IN2/c9-4-3-6(12)14-5(1-2-13)7(4)8(10)11/h3,8H,1H2. The van der Waals surface area contributed by atoms with Crippen molar-refractivity contribution >= 4 is 34.2 Å². The highest BCUT2D eigenvalue weighted by atomic mass is 127. The second kappa shape index (κ2) is 4.84. The number of aromatic nitrogens is 1. The van der Waals surface area contributed by atoms with E-state index in [2.05, 4.69) is 4.98 Å². The lowest BCUT2D eigenvalue weighted by Crippen LogP contribution is -2.00. The van der Waals surface area contributed by atoms with Crippen molar-refractivity contribution in [2.24, 2.45) is 0 Å². The molecule has 0 unspecified atom stereocenters. The lowest BCUT2D eigenvalue weighted by Gasteiger charge is -2.07. The Morgan fingerprint density at radius 2 is 2.29 bits per heavy atom. The van der Waals surface area contributed by atoms with Gasteiger partial charge in [-0.25, -0.2) is 13.8 Å². The Morgan fingerprint density at radius 1 is 1.64 bits per heavy atom. The molecular weight excluding hydrogens is 324 g/mol. The van der Waals surface area contributed by atoms with Crippen molar-refractivity contribution in [3.05, 3.63) is 26.0 Å². The van der Waals surface area contributed by atoms with Gasteiger partial charge >= 0.3 is 0 Å². The molecule has 14 heavy (non-hydrogen) atoms. The van der Waals surface area contributed by atoms with Crippen LogP contribution in [0.25, 0.3) is 0 Å². The molecule has 2 nitrogen and oxygen atoms in total. The molecule has 0 N–H and O–H groups in total. The predicted octanol–water partition coefficient (Wildman–Crippen LogP) is 3.34. The maximum atomic E-state index is 12.5. The van der Waals surface area contributed by atoms with Gasteiger partial charge in [0.1, 0.15) is 3.70 Å². The number of hydrogen-bond donors (Lipinski definition) is 0. The van der Waals surface area contributed by atoms with E-state index in [-0.39, 0.29) is 22.7 Å². The van der Waals surface area contributed by atoms with E-state index in [1.54, 1.807) is 6.07 Å². The lowest BCUT2D eigenvalue weighted by atomic mass is 10.1. The van der Waals surface area contributed by atoms with E-state index >= 15 is 0 Å². The van der Waals surface area contributed by atoms with Gasteiger partial charge in [-0.3, -0.25) is 0 Å². The van der Waals surface area contributed by atoms with Crippen LogP contribution >= 0.6 is 34.2 Å². The van der Waals surface area contributed by atoms with Crippen molar-refractivity contribution in [1.82, 2.24) is 4.98 Å². The summed E-state index contributed by atoms with van der Waals surface area (Å²) >= 11 is 7.49. The number of hydrogen-bond acceptors (Lipinski definition) is 2. The molecule has 0 bridgehead atoms. The number of halogens is 4.